The second kappa shape index (κ2) is 7.48. The van der Waals surface area contributed by atoms with Gasteiger partial charge < -0.3 is 19.6 Å². The van der Waals surface area contributed by atoms with Gasteiger partial charge in [-0.2, -0.15) is 0 Å². The molecule has 1 N–H and O–H groups in total. The zero-order valence-corrected chi connectivity index (χ0v) is 16.5. The molecule has 0 spiro atoms. The smallest absolute Gasteiger partial charge is 0.410 e. The van der Waals surface area contributed by atoms with Crippen molar-refractivity contribution in [3.8, 4) is 0 Å². The third-order valence-corrected chi connectivity index (χ3v) is 5.02. The molecule has 148 valence electrons. The maximum Gasteiger partial charge on any atom is 0.410 e. The topological polar surface area (TPSA) is 73.3 Å². The van der Waals surface area contributed by atoms with E-state index in [0.29, 0.717) is 26.2 Å². The minimum Gasteiger partial charge on any atom is -0.444 e. The number of carbonyl (C=O) groups is 2. The number of amides is 2. The fourth-order valence-electron chi connectivity index (χ4n) is 3.82. The highest BCUT2D eigenvalue weighted by atomic mass is 16.6. The molecule has 0 aromatic heterocycles. The monoisotopic (exact) mass is 375 g/mol. The predicted octanol–water partition coefficient (Wildman–Crippen LogP) is 2.01. The molecule has 1 aromatic carbocycles. The quantitative estimate of drug-likeness (QED) is 0.813. The first-order valence-corrected chi connectivity index (χ1v) is 9.44. The van der Waals surface area contributed by atoms with Crippen LogP contribution in [0, 0.1) is 0 Å². The van der Waals surface area contributed by atoms with Gasteiger partial charge in [0.2, 0.25) is 5.91 Å². The van der Waals surface area contributed by atoms with Gasteiger partial charge in [0.05, 0.1) is 18.7 Å². The number of para-hydroxylation sites is 1. The van der Waals surface area contributed by atoms with E-state index >= 15 is 0 Å². The predicted molar refractivity (Wildman–Crippen MR) is 103 cm³/mol. The Morgan fingerprint density at radius 1 is 1.11 bits per heavy atom. The number of fused-ring (bicyclic) bond motifs is 1. The van der Waals surface area contributed by atoms with E-state index in [4.69, 9.17) is 4.74 Å². The number of carbonyl (C=O) groups excluding carboxylic acids is 2. The van der Waals surface area contributed by atoms with E-state index in [1.54, 1.807) is 9.80 Å². The summed E-state index contributed by atoms with van der Waals surface area (Å²) >= 11 is 0. The Bertz CT molecular complexity index is 707. The van der Waals surface area contributed by atoms with Crippen molar-refractivity contribution in [1.29, 1.82) is 0 Å². The molecule has 27 heavy (non-hydrogen) atoms. The van der Waals surface area contributed by atoms with E-state index < -0.39 is 11.7 Å². The van der Waals surface area contributed by atoms with Crippen LogP contribution in [0.25, 0.3) is 0 Å². The summed E-state index contributed by atoms with van der Waals surface area (Å²) in [5, 5.41) is 10.8. The summed E-state index contributed by atoms with van der Waals surface area (Å²) in [6.07, 6.45) is -0.966. The molecule has 1 fully saturated rings. The Hall–Kier alpha value is -2.12. The van der Waals surface area contributed by atoms with Crippen LogP contribution < -0.4 is 4.90 Å². The summed E-state index contributed by atoms with van der Waals surface area (Å²) in [4.78, 5) is 29.8. The second-order valence-electron chi connectivity index (χ2n) is 8.20. The van der Waals surface area contributed by atoms with Crippen LogP contribution in [0.4, 0.5) is 10.5 Å². The number of aliphatic hydroxyl groups excluding tert-OH is 1. The van der Waals surface area contributed by atoms with E-state index in [1.807, 2.05) is 45.0 Å². The summed E-state index contributed by atoms with van der Waals surface area (Å²) in [6.45, 7) is 9.77. The maximum atomic E-state index is 12.3. The van der Waals surface area contributed by atoms with Gasteiger partial charge in [-0.3, -0.25) is 9.69 Å². The van der Waals surface area contributed by atoms with Gasteiger partial charge in [0, 0.05) is 38.8 Å². The molecule has 0 unspecified atom stereocenters. The SMILES string of the molecule is CC(=O)N1C[C@@H](O)[C@H](N2CCN(C(=O)OC(C)(C)C)CC2)c2ccccc21. The third-order valence-electron chi connectivity index (χ3n) is 5.02. The molecule has 0 radical (unpaired) electrons. The van der Waals surface area contributed by atoms with Crippen molar-refractivity contribution in [3.05, 3.63) is 29.8 Å². The molecule has 3 rings (SSSR count). The fourth-order valence-corrected chi connectivity index (χ4v) is 3.82. The summed E-state index contributed by atoms with van der Waals surface area (Å²) in [7, 11) is 0. The van der Waals surface area contributed by atoms with Gasteiger partial charge in [-0.05, 0) is 32.4 Å². The van der Waals surface area contributed by atoms with E-state index in [-0.39, 0.29) is 24.6 Å². The minimum absolute atomic E-state index is 0.0744. The standard InChI is InChI=1S/C20H29N3O4/c1-14(24)23-13-17(25)18(15-7-5-6-8-16(15)23)21-9-11-22(12-10-21)19(26)27-20(2,3)4/h5-8,17-18,25H,9-13H2,1-4H3/t17-,18-/m1/s1. The van der Waals surface area contributed by atoms with Crippen molar-refractivity contribution in [1.82, 2.24) is 9.80 Å². The molecule has 2 amide bonds. The first kappa shape index (κ1) is 19.6. The number of rotatable bonds is 1. The highest BCUT2D eigenvalue weighted by molar-refractivity contribution is 5.93. The van der Waals surface area contributed by atoms with Crippen molar-refractivity contribution in [2.24, 2.45) is 0 Å². The normalized spacial score (nSPS) is 23.7. The highest BCUT2D eigenvalue weighted by Gasteiger charge is 2.39. The highest BCUT2D eigenvalue weighted by Crippen LogP contribution is 2.38. The molecular formula is C20H29N3O4. The summed E-state index contributed by atoms with van der Waals surface area (Å²) in [5.74, 6) is -0.0744. The van der Waals surface area contributed by atoms with E-state index in [1.165, 1.54) is 6.92 Å². The molecule has 0 aliphatic carbocycles. The molecule has 2 aliphatic rings. The molecule has 7 nitrogen and oxygen atoms in total. The molecular weight excluding hydrogens is 346 g/mol. The number of anilines is 1. The average molecular weight is 375 g/mol. The summed E-state index contributed by atoms with van der Waals surface area (Å²) in [6, 6.07) is 7.55. The molecule has 1 aromatic rings. The van der Waals surface area contributed by atoms with Crippen molar-refractivity contribution in [3.63, 3.8) is 0 Å². The van der Waals surface area contributed by atoms with Crippen LogP contribution in [0.2, 0.25) is 0 Å². The number of hydrogen-bond donors (Lipinski definition) is 1. The Labute approximate surface area is 160 Å². The van der Waals surface area contributed by atoms with Crippen LogP contribution in [-0.4, -0.2) is 71.3 Å². The molecule has 7 heteroatoms. The number of piperazine rings is 1. The number of β-amino-alcohol motifs (C(OH)–C–C–N with tert-alkyl or cyclic N) is 1. The molecule has 1 saturated heterocycles. The molecule has 0 saturated carbocycles. The van der Waals surface area contributed by atoms with E-state index in [9.17, 15) is 14.7 Å². The number of benzene rings is 1. The summed E-state index contributed by atoms with van der Waals surface area (Å²) < 4.78 is 5.45. The van der Waals surface area contributed by atoms with Crippen LogP contribution in [0.1, 0.15) is 39.3 Å². The van der Waals surface area contributed by atoms with Gasteiger partial charge in [-0.1, -0.05) is 18.2 Å². The first-order valence-electron chi connectivity index (χ1n) is 9.44. The number of ether oxygens (including phenoxy) is 1. The lowest BCUT2D eigenvalue weighted by atomic mass is 9.92. The van der Waals surface area contributed by atoms with Crippen molar-refractivity contribution < 1.29 is 19.4 Å². The maximum absolute atomic E-state index is 12.3. The summed E-state index contributed by atoms with van der Waals surface area (Å²) in [5.41, 5.74) is 1.30. The van der Waals surface area contributed by atoms with Crippen LogP contribution in [0.5, 0.6) is 0 Å². The first-order chi connectivity index (χ1) is 12.7. The van der Waals surface area contributed by atoms with Crippen molar-refractivity contribution >= 4 is 17.7 Å². The zero-order chi connectivity index (χ0) is 19.8. The number of aliphatic hydroxyl groups is 1. The van der Waals surface area contributed by atoms with Crippen LogP contribution in [0.3, 0.4) is 0 Å². The van der Waals surface area contributed by atoms with Gasteiger partial charge in [-0.25, -0.2) is 4.79 Å². The van der Waals surface area contributed by atoms with Crippen LogP contribution in [-0.2, 0) is 9.53 Å². The van der Waals surface area contributed by atoms with E-state index in [2.05, 4.69) is 4.90 Å². The van der Waals surface area contributed by atoms with Gasteiger partial charge in [-0.15, -0.1) is 0 Å². The lowest BCUT2D eigenvalue weighted by Gasteiger charge is -2.45. The molecule has 2 atom stereocenters. The Balaban J connectivity index is 1.73. The van der Waals surface area contributed by atoms with Gasteiger partial charge in [0.25, 0.3) is 0 Å². The van der Waals surface area contributed by atoms with Crippen molar-refractivity contribution in [2.45, 2.75) is 45.4 Å². The lowest BCUT2D eigenvalue weighted by molar-refractivity contribution is -0.117. The fraction of sp³-hybridized carbons (Fsp3) is 0.600. The number of hydrogen-bond acceptors (Lipinski definition) is 5. The third kappa shape index (κ3) is 4.25. The van der Waals surface area contributed by atoms with E-state index in [0.717, 1.165) is 11.3 Å². The lowest BCUT2D eigenvalue weighted by Crippen LogP contribution is -2.55. The van der Waals surface area contributed by atoms with Gasteiger partial charge in [0.1, 0.15) is 5.60 Å². The minimum atomic E-state index is -0.670. The average Bonchev–Trinajstić information content (AvgIpc) is 2.59. The van der Waals surface area contributed by atoms with Gasteiger partial charge in [0.15, 0.2) is 0 Å². The Morgan fingerprint density at radius 2 is 1.74 bits per heavy atom. The largest absolute Gasteiger partial charge is 0.444 e. The number of nitrogens with zero attached hydrogens (tertiary/aromatic N) is 3. The second-order valence-corrected chi connectivity index (χ2v) is 8.20. The van der Waals surface area contributed by atoms with Crippen LogP contribution in [0.15, 0.2) is 24.3 Å². The van der Waals surface area contributed by atoms with Gasteiger partial charge >= 0.3 is 6.09 Å². The molecule has 0 bridgehead atoms. The molecule has 2 aliphatic heterocycles. The Morgan fingerprint density at radius 3 is 2.33 bits per heavy atom. The zero-order valence-electron chi connectivity index (χ0n) is 16.5. The molecule has 2 heterocycles. The Kier molecular flexibility index (Phi) is 5.44. The van der Waals surface area contributed by atoms with Crippen molar-refractivity contribution in [2.75, 3.05) is 37.6 Å². The van der Waals surface area contributed by atoms with Crippen LogP contribution >= 0.6 is 0 Å².